The average Bonchev–Trinajstić information content (AvgIpc) is 2.86. The molecular weight excluding hydrogens is 270 g/mol. The second kappa shape index (κ2) is 6.62. The topological polar surface area (TPSA) is 59.6 Å². The highest BCUT2D eigenvalue weighted by molar-refractivity contribution is 5.94. The Morgan fingerprint density at radius 2 is 2.05 bits per heavy atom. The maximum atomic E-state index is 12.0. The minimum absolute atomic E-state index is 0.0221. The molecule has 0 aliphatic carbocycles. The van der Waals surface area contributed by atoms with Crippen LogP contribution in [-0.4, -0.2) is 44.9 Å². The predicted molar refractivity (Wildman–Crippen MR) is 68.0 cm³/mol. The molecule has 1 amide bonds. The third-order valence-corrected chi connectivity index (χ3v) is 3.12. The first-order chi connectivity index (χ1) is 9.60. The van der Waals surface area contributed by atoms with Crippen molar-refractivity contribution in [3.8, 4) is 5.75 Å². The van der Waals surface area contributed by atoms with Crippen molar-refractivity contribution in [3.63, 3.8) is 0 Å². The standard InChI is InChI=1S/C13H16F2N2O3/c1-19-11-7-16-6-10(11)17-12(18)8-2-4-9(5-3-8)20-13(14)15/h2-5,10-11,13,16H,6-7H2,1H3,(H,17,18)/t10?,11-/m0/s1. The zero-order chi connectivity index (χ0) is 14.5. The molecular formula is C13H16F2N2O3. The van der Waals surface area contributed by atoms with Gasteiger partial charge in [0.25, 0.3) is 5.91 Å². The number of rotatable bonds is 5. The van der Waals surface area contributed by atoms with E-state index in [4.69, 9.17) is 4.74 Å². The molecule has 0 radical (unpaired) electrons. The Morgan fingerprint density at radius 3 is 2.65 bits per heavy atom. The number of alkyl halides is 2. The van der Waals surface area contributed by atoms with E-state index in [-0.39, 0.29) is 23.8 Å². The number of carbonyl (C=O) groups excluding carboxylic acids is 1. The van der Waals surface area contributed by atoms with Crippen LogP contribution in [-0.2, 0) is 4.74 Å². The quantitative estimate of drug-likeness (QED) is 0.848. The Labute approximate surface area is 115 Å². The van der Waals surface area contributed by atoms with Gasteiger partial charge in [0.05, 0.1) is 12.1 Å². The molecule has 2 atom stereocenters. The lowest BCUT2D eigenvalue weighted by molar-refractivity contribution is -0.0498. The van der Waals surface area contributed by atoms with Crippen LogP contribution >= 0.6 is 0 Å². The molecule has 1 heterocycles. The maximum absolute atomic E-state index is 12.0. The summed E-state index contributed by atoms with van der Waals surface area (Å²) < 4.78 is 33.5. The summed E-state index contributed by atoms with van der Waals surface area (Å²) in [4.78, 5) is 12.0. The highest BCUT2D eigenvalue weighted by Gasteiger charge is 2.28. The van der Waals surface area contributed by atoms with Crippen LogP contribution in [0.25, 0.3) is 0 Å². The van der Waals surface area contributed by atoms with Gasteiger partial charge < -0.3 is 20.1 Å². The maximum Gasteiger partial charge on any atom is 0.387 e. The van der Waals surface area contributed by atoms with Crippen molar-refractivity contribution in [3.05, 3.63) is 29.8 Å². The smallest absolute Gasteiger partial charge is 0.387 e. The van der Waals surface area contributed by atoms with Gasteiger partial charge in [0, 0.05) is 25.8 Å². The molecule has 1 aromatic rings. The van der Waals surface area contributed by atoms with E-state index in [9.17, 15) is 13.6 Å². The number of halogens is 2. The number of methoxy groups -OCH3 is 1. The minimum Gasteiger partial charge on any atom is -0.435 e. The van der Waals surface area contributed by atoms with Gasteiger partial charge >= 0.3 is 6.61 Å². The molecule has 1 aliphatic rings. The summed E-state index contributed by atoms with van der Waals surface area (Å²) in [6.07, 6.45) is -0.0691. The summed E-state index contributed by atoms with van der Waals surface area (Å²) in [6.45, 7) is -1.55. The van der Waals surface area contributed by atoms with Crippen molar-refractivity contribution >= 4 is 5.91 Å². The molecule has 1 saturated heterocycles. The first-order valence-corrected chi connectivity index (χ1v) is 6.19. The summed E-state index contributed by atoms with van der Waals surface area (Å²) in [7, 11) is 1.59. The summed E-state index contributed by atoms with van der Waals surface area (Å²) in [5.74, 6) is -0.252. The van der Waals surface area contributed by atoms with Crippen LogP contribution in [0, 0.1) is 0 Å². The van der Waals surface area contributed by atoms with Crippen molar-refractivity contribution < 1.29 is 23.0 Å². The van der Waals surface area contributed by atoms with Crippen molar-refractivity contribution in [1.82, 2.24) is 10.6 Å². The van der Waals surface area contributed by atoms with Gasteiger partial charge in [-0.25, -0.2) is 0 Å². The average molecular weight is 286 g/mol. The normalized spacial score (nSPS) is 22.0. The number of carbonyl (C=O) groups is 1. The van der Waals surface area contributed by atoms with E-state index in [1.165, 1.54) is 24.3 Å². The molecule has 0 spiro atoms. The monoisotopic (exact) mass is 286 g/mol. The third kappa shape index (κ3) is 3.64. The van der Waals surface area contributed by atoms with Gasteiger partial charge in [-0.15, -0.1) is 0 Å². The first-order valence-electron chi connectivity index (χ1n) is 6.19. The highest BCUT2D eigenvalue weighted by atomic mass is 19.3. The second-order valence-corrected chi connectivity index (χ2v) is 4.42. The molecule has 0 aromatic heterocycles. The predicted octanol–water partition coefficient (Wildman–Crippen LogP) is 1.00. The number of hydrogen-bond donors (Lipinski definition) is 2. The zero-order valence-corrected chi connectivity index (χ0v) is 10.9. The molecule has 0 saturated carbocycles. The lowest BCUT2D eigenvalue weighted by Gasteiger charge is -2.18. The second-order valence-electron chi connectivity index (χ2n) is 4.42. The molecule has 110 valence electrons. The zero-order valence-electron chi connectivity index (χ0n) is 10.9. The van der Waals surface area contributed by atoms with E-state index < -0.39 is 6.61 Å². The summed E-state index contributed by atoms with van der Waals surface area (Å²) in [5.41, 5.74) is 0.383. The summed E-state index contributed by atoms with van der Waals surface area (Å²) in [5, 5.41) is 5.96. The van der Waals surface area contributed by atoms with Crippen molar-refractivity contribution in [2.45, 2.75) is 18.8 Å². The molecule has 7 heteroatoms. The summed E-state index contributed by atoms with van der Waals surface area (Å²) in [6, 6.07) is 5.45. The largest absolute Gasteiger partial charge is 0.435 e. The van der Waals surface area contributed by atoms with E-state index in [2.05, 4.69) is 15.4 Å². The Balaban J connectivity index is 1.95. The molecule has 20 heavy (non-hydrogen) atoms. The fraction of sp³-hybridized carbons (Fsp3) is 0.462. The van der Waals surface area contributed by atoms with Crippen molar-refractivity contribution in [2.75, 3.05) is 20.2 Å². The molecule has 2 rings (SSSR count). The van der Waals surface area contributed by atoms with Crippen LogP contribution in [0.5, 0.6) is 5.75 Å². The highest BCUT2D eigenvalue weighted by Crippen LogP contribution is 2.15. The van der Waals surface area contributed by atoms with Gasteiger partial charge in [-0.3, -0.25) is 4.79 Å². The number of benzene rings is 1. The molecule has 5 nitrogen and oxygen atoms in total. The third-order valence-electron chi connectivity index (χ3n) is 3.12. The van der Waals surface area contributed by atoms with Crippen molar-refractivity contribution in [1.29, 1.82) is 0 Å². The van der Waals surface area contributed by atoms with Gasteiger partial charge in [-0.05, 0) is 24.3 Å². The molecule has 1 aliphatic heterocycles. The van der Waals surface area contributed by atoms with Gasteiger partial charge in [-0.1, -0.05) is 0 Å². The molecule has 1 fully saturated rings. The fourth-order valence-corrected chi connectivity index (χ4v) is 2.09. The van der Waals surface area contributed by atoms with Gasteiger partial charge in [0.15, 0.2) is 0 Å². The van der Waals surface area contributed by atoms with E-state index in [0.717, 1.165) is 0 Å². The lowest BCUT2D eigenvalue weighted by Crippen LogP contribution is -2.43. The fourth-order valence-electron chi connectivity index (χ4n) is 2.09. The van der Waals surface area contributed by atoms with Crippen LogP contribution in [0.1, 0.15) is 10.4 Å². The number of nitrogens with one attached hydrogen (secondary N) is 2. The van der Waals surface area contributed by atoms with Crippen LogP contribution in [0.3, 0.4) is 0 Å². The van der Waals surface area contributed by atoms with Crippen LogP contribution < -0.4 is 15.4 Å². The Kier molecular flexibility index (Phi) is 4.86. The van der Waals surface area contributed by atoms with E-state index in [0.29, 0.717) is 18.7 Å². The van der Waals surface area contributed by atoms with Crippen molar-refractivity contribution in [2.24, 2.45) is 0 Å². The lowest BCUT2D eigenvalue weighted by atomic mass is 10.1. The number of ether oxygens (including phenoxy) is 2. The first kappa shape index (κ1) is 14.7. The molecule has 1 aromatic carbocycles. The Hall–Kier alpha value is -1.73. The van der Waals surface area contributed by atoms with E-state index >= 15 is 0 Å². The molecule has 2 N–H and O–H groups in total. The Bertz CT molecular complexity index is 453. The molecule has 1 unspecified atom stereocenters. The van der Waals surface area contributed by atoms with Crippen LogP contribution in [0.4, 0.5) is 8.78 Å². The van der Waals surface area contributed by atoms with Gasteiger partial charge in [-0.2, -0.15) is 8.78 Å². The Morgan fingerprint density at radius 1 is 1.35 bits per heavy atom. The van der Waals surface area contributed by atoms with Crippen LogP contribution in [0.15, 0.2) is 24.3 Å². The SMILES string of the molecule is CO[C@H]1CNCC1NC(=O)c1ccc(OC(F)F)cc1. The number of amides is 1. The van der Waals surface area contributed by atoms with E-state index in [1.807, 2.05) is 0 Å². The van der Waals surface area contributed by atoms with Gasteiger partial charge in [0.1, 0.15) is 5.75 Å². The van der Waals surface area contributed by atoms with E-state index in [1.54, 1.807) is 7.11 Å². The molecule has 0 bridgehead atoms. The van der Waals surface area contributed by atoms with Crippen LogP contribution in [0.2, 0.25) is 0 Å². The minimum atomic E-state index is -2.87. The van der Waals surface area contributed by atoms with Gasteiger partial charge in [0.2, 0.25) is 0 Å². The summed E-state index contributed by atoms with van der Waals surface area (Å²) >= 11 is 0. The number of hydrogen-bond acceptors (Lipinski definition) is 4.